The van der Waals surface area contributed by atoms with Crippen molar-refractivity contribution in [1.82, 2.24) is 20.3 Å². The van der Waals surface area contributed by atoms with Crippen LogP contribution in [0.15, 0.2) is 24.3 Å². The summed E-state index contributed by atoms with van der Waals surface area (Å²) in [4.78, 5) is 25.3. The van der Waals surface area contributed by atoms with E-state index in [2.05, 4.69) is 15.4 Å². The summed E-state index contributed by atoms with van der Waals surface area (Å²) in [6.45, 7) is -0.298. The third-order valence-electron chi connectivity index (χ3n) is 3.04. The van der Waals surface area contributed by atoms with Gasteiger partial charge in [-0.25, -0.2) is 0 Å². The Kier molecular flexibility index (Phi) is 2.60. The number of amides is 2. The summed E-state index contributed by atoms with van der Waals surface area (Å²) in [7, 11) is 0. The minimum atomic E-state index is -0.354. The highest BCUT2D eigenvalue weighted by Gasteiger charge is 2.35. The highest BCUT2D eigenvalue weighted by Crippen LogP contribution is 2.24. The number of rotatable bonds is 3. The third-order valence-corrected chi connectivity index (χ3v) is 3.04. The number of benzene rings is 1. The number of aliphatic hydroxyl groups excluding tert-OH is 1. The minimum Gasteiger partial charge on any atom is -0.390 e. The molecule has 2 aromatic rings. The quantitative estimate of drug-likeness (QED) is 0.760. The second kappa shape index (κ2) is 4.29. The molecule has 7 heteroatoms. The van der Waals surface area contributed by atoms with Crippen molar-refractivity contribution in [2.24, 2.45) is 0 Å². The maximum Gasteiger partial charge on any atom is 0.261 e. The molecule has 0 aliphatic carbocycles. The fourth-order valence-corrected chi connectivity index (χ4v) is 2.06. The lowest BCUT2D eigenvalue weighted by Crippen LogP contribution is -2.29. The van der Waals surface area contributed by atoms with Crippen LogP contribution in [0.4, 0.5) is 0 Å². The second-order valence-electron chi connectivity index (χ2n) is 4.12. The lowest BCUT2D eigenvalue weighted by atomic mass is 10.1. The van der Waals surface area contributed by atoms with E-state index in [-0.39, 0.29) is 25.0 Å². The molecule has 1 aromatic heterocycles. The summed E-state index contributed by atoms with van der Waals surface area (Å²) in [5, 5.41) is 19.0. The number of imide groups is 1. The summed E-state index contributed by atoms with van der Waals surface area (Å²) < 4.78 is 0. The summed E-state index contributed by atoms with van der Waals surface area (Å²) in [6, 6.07) is 6.65. The zero-order valence-corrected chi connectivity index (χ0v) is 9.83. The van der Waals surface area contributed by atoms with Crippen LogP contribution in [0, 0.1) is 0 Å². The molecular formula is C12H10N4O3. The van der Waals surface area contributed by atoms with Crippen LogP contribution in [0.2, 0.25) is 0 Å². The van der Waals surface area contributed by atoms with Crippen molar-refractivity contribution >= 4 is 11.8 Å². The molecule has 0 spiro atoms. The number of aromatic amines is 1. The fraction of sp³-hybridized carbons (Fsp3) is 0.167. The van der Waals surface area contributed by atoms with Crippen molar-refractivity contribution < 1.29 is 14.7 Å². The molecule has 0 bridgehead atoms. The summed E-state index contributed by atoms with van der Waals surface area (Å²) in [6.07, 6.45) is 0. The molecule has 0 atom stereocenters. The maximum atomic E-state index is 12.1. The molecule has 96 valence electrons. The van der Waals surface area contributed by atoms with E-state index < -0.39 is 0 Å². The molecule has 19 heavy (non-hydrogen) atoms. The van der Waals surface area contributed by atoms with Crippen molar-refractivity contribution in [2.75, 3.05) is 0 Å². The topological polar surface area (TPSA) is 99.2 Å². The van der Waals surface area contributed by atoms with Gasteiger partial charge in [0.2, 0.25) is 0 Å². The van der Waals surface area contributed by atoms with Crippen LogP contribution >= 0.6 is 0 Å². The predicted molar refractivity (Wildman–Crippen MR) is 63.0 cm³/mol. The second-order valence-corrected chi connectivity index (χ2v) is 4.12. The molecule has 1 aliphatic rings. The molecule has 2 N–H and O–H groups in total. The van der Waals surface area contributed by atoms with Crippen LogP contribution in [0.5, 0.6) is 0 Å². The summed E-state index contributed by atoms with van der Waals surface area (Å²) in [5.74, 6) is -0.708. The lowest BCUT2D eigenvalue weighted by Gasteiger charge is -2.12. The summed E-state index contributed by atoms with van der Waals surface area (Å²) in [5.41, 5.74) is 1.50. The molecule has 2 amide bonds. The normalized spacial score (nSPS) is 14.1. The van der Waals surface area contributed by atoms with Crippen molar-refractivity contribution in [3.8, 4) is 0 Å². The Labute approximate surface area is 107 Å². The Bertz CT molecular complexity index is 629. The molecule has 1 aliphatic heterocycles. The molecule has 0 unspecified atom stereocenters. The SMILES string of the molecule is O=C1c2ccccc2C(=O)N1Cc1n[nH]nc1CO. The average molecular weight is 258 g/mol. The number of aliphatic hydroxyl groups is 1. The number of carbonyl (C=O) groups excluding carboxylic acids is 2. The van der Waals surface area contributed by atoms with Crippen LogP contribution in [-0.2, 0) is 13.2 Å². The molecule has 7 nitrogen and oxygen atoms in total. The molecule has 0 saturated heterocycles. The van der Waals surface area contributed by atoms with E-state index in [1.807, 2.05) is 0 Å². The Hall–Kier alpha value is -2.54. The predicted octanol–water partition coefficient (Wildman–Crippen LogP) is 0.0932. The molecule has 0 fully saturated rings. The van der Waals surface area contributed by atoms with Gasteiger partial charge in [-0.05, 0) is 12.1 Å². The monoisotopic (exact) mass is 258 g/mol. The van der Waals surface area contributed by atoms with Gasteiger partial charge in [-0.2, -0.15) is 15.4 Å². The number of hydrogen-bond donors (Lipinski definition) is 2. The van der Waals surface area contributed by atoms with Crippen molar-refractivity contribution in [1.29, 1.82) is 0 Å². The van der Waals surface area contributed by atoms with Gasteiger partial charge >= 0.3 is 0 Å². The number of carbonyl (C=O) groups is 2. The van der Waals surface area contributed by atoms with Gasteiger partial charge < -0.3 is 5.11 Å². The van der Waals surface area contributed by atoms with Gasteiger partial charge in [-0.3, -0.25) is 14.5 Å². The van der Waals surface area contributed by atoms with E-state index in [1.54, 1.807) is 24.3 Å². The lowest BCUT2D eigenvalue weighted by molar-refractivity contribution is 0.0639. The molecule has 2 heterocycles. The first-order valence-electron chi connectivity index (χ1n) is 5.67. The molecule has 0 saturated carbocycles. The van der Waals surface area contributed by atoms with Crippen molar-refractivity contribution in [3.05, 3.63) is 46.8 Å². The maximum absolute atomic E-state index is 12.1. The average Bonchev–Trinajstić information content (AvgIpc) is 2.98. The van der Waals surface area contributed by atoms with Gasteiger partial charge in [-0.15, -0.1) is 0 Å². The van der Waals surface area contributed by atoms with Gasteiger partial charge in [0, 0.05) is 0 Å². The molecule has 3 rings (SSSR count). The van der Waals surface area contributed by atoms with E-state index in [1.165, 1.54) is 0 Å². The highest BCUT2D eigenvalue weighted by atomic mass is 16.3. The van der Waals surface area contributed by atoms with E-state index >= 15 is 0 Å². The Morgan fingerprint density at radius 1 is 1.05 bits per heavy atom. The van der Waals surface area contributed by atoms with Gasteiger partial charge in [0.25, 0.3) is 11.8 Å². The summed E-state index contributed by atoms with van der Waals surface area (Å²) >= 11 is 0. The van der Waals surface area contributed by atoms with Crippen LogP contribution in [0.3, 0.4) is 0 Å². The number of nitrogens with one attached hydrogen (secondary N) is 1. The highest BCUT2D eigenvalue weighted by molar-refractivity contribution is 6.21. The van der Waals surface area contributed by atoms with Gasteiger partial charge in [0.15, 0.2) is 0 Å². The van der Waals surface area contributed by atoms with E-state index in [0.717, 1.165) is 4.90 Å². The fourth-order valence-electron chi connectivity index (χ4n) is 2.06. The van der Waals surface area contributed by atoms with Crippen molar-refractivity contribution in [2.45, 2.75) is 13.2 Å². The standard InChI is InChI=1S/C12H10N4O3/c17-6-10-9(13-15-14-10)5-16-11(18)7-3-1-2-4-8(7)12(16)19/h1-4,17H,5-6H2,(H,13,14,15). The number of fused-ring (bicyclic) bond motifs is 1. The van der Waals surface area contributed by atoms with E-state index in [9.17, 15) is 9.59 Å². The van der Waals surface area contributed by atoms with E-state index in [0.29, 0.717) is 22.5 Å². The number of hydrogen-bond acceptors (Lipinski definition) is 5. The number of H-pyrrole nitrogens is 1. The molecule has 1 aromatic carbocycles. The molecular weight excluding hydrogens is 248 g/mol. The molecule has 0 radical (unpaired) electrons. The first kappa shape index (κ1) is 11.5. The third kappa shape index (κ3) is 1.71. The Morgan fingerprint density at radius 3 is 2.21 bits per heavy atom. The Morgan fingerprint density at radius 2 is 1.63 bits per heavy atom. The number of aromatic nitrogens is 3. The van der Waals surface area contributed by atoms with Crippen LogP contribution in [0.25, 0.3) is 0 Å². The van der Waals surface area contributed by atoms with Gasteiger partial charge in [0.1, 0.15) is 11.4 Å². The smallest absolute Gasteiger partial charge is 0.261 e. The van der Waals surface area contributed by atoms with Gasteiger partial charge in [0.05, 0.1) is 24.3 Å². The van der Waals surface area contributed by atoms with Crippen molar-refractivity contribution in [3.63, 3.8) is 0 Å². The Balaban J connectivity index is 1.93. The minimum absolute atomic E-state index is 0.00125. The zero-order chi connectivity index (χ0) is 13.4. The zero-order valence-electron chi connectivity index (χ0n) is 9.83. The van der Waals surface area contributed by atoms with E-state index in [4.69, 9.17) is 5.11 Å². The largest absolute Gasteiger partial charge is 0.390 e. The number of nitrogens with zero attached hydrogens (tertiary/aromatic N) is 3. The van der Waals surface area contributed by atoms with Crippen LogP contribution < -0.4 is 0 Å². The van der Waals surface area contributed by atoms with Gasteiger partial charge in [-0.1, -0.05) is 12.1 Å². The van der Waals surface area contributed by atoms with Crippen LogP contribution in [-0.4, -0.2) is 37.2 Å². The first-order valence-corrected chi connectivity index (χ1v) is 5.67. The van der Waals surface area contributed by atoms with Crippen LogP contribution in [0.1, 0.15) is 32.1 Å². The first-order chi connectivity index (χ1) is 9.22.